The van der Waals surface area contributed by atoms with Crippen molar-refractivity contribution in [1.82, 2.24) is 19.4 Å². The Morgan fingerprint density at radius 2 is 1.87 bits per heavy atom. The number of hydrogen-bond acceptors (Lipinski definition) is 6. The maximum absolute atomic E-state index is 13.0. The Morgan fingerprint density at radius 1 is 1.10 bits per heavy atom. The van der Waals surface area contributed by atoms with Gasteiger partial charge >= 0.3 is 0 Å². The van der Waals surface area contributed by atoms with Crippen molar-refractivity contribution in [3.8, 4) is 5.75 Å². The van der Waals surface area contributed by atoms with Gasteiger partial charge in [-0.15, -0.1) is 0 Å². The quantitative estimate of drug-likeness (QED) is 0.659. The molecule has 0 bridgehead atoms. The number of fused-ring (bicyclic) bond motifs is 2. The molecule has 0 radical (unpaired) electrons. The lowest BCUT2D eigenvalue weighted by Gasteiger charge is -2.19. The van der Waals surface area contributed by atoms with Gasteiger partial charge in [0.25, 0.3) is 5.91 Å². The van der Waals surface area contributed by atoms with Crippen molar-refractivity contribution < 1.29 is 19.0 Å². The Bertz CT molecular complexity index is 1050. The minimum atomic E-state index is -0.203. The lowest BCUT2D eigenvalue weighted by Crippen LogP contribution is -2.33. The van der Waals surface area contributed by atoms with E-state index in [0.29, 0.717) is 37.7 Å². The average molecular weight is 408 g/mol. The molecule has 0 N–H and O–H groups in total. The highest BCUT2D eigenvalue weighted by Gasteiger charge is 2.40. The molecule has 156 valence electrons. The minimum Gasteiger partial charge on any atom is -0.484 e. The van der Waals surface area contributed by atoms with Crippen LogP contribution in [0.15, 0.2) is 42.7 Å². The second kappa shape index (κ2) is 7.70. The van der Waals surface area contributed by atoms with Crippen LogP contribution in [0, 0.1) is 6.92 Å². The highest BCUT2D eigenvalue weighted by atomic mass is 16.6. The van der Waals surface area contributed by atoms with E-state index in [1.807, 2.05) is 49.0 Å². The molecule has 2 aliphatic rings. The lowest BCUT2D eigenvalue weighted by atomic mass is 10.2. The fourth-order valence-electron chi connectivity index (χ4n) is 3.94. The smallest absolute Gasteiger partial charge is 0.272 e. The van der Waals surface area contributed by atoms with Crippen LogP contribution in [-0.2, 0) is 16.5 Å². The molecule has 2 saturated heterocycles. The van der Waals surface area contributed by atoms with Crippen LogP contribution < -0.4 is 4.74 Å². The summed E-state index contributed by atoms with van der Waals surface area (Å²) in [6.45, 7) is 3.71. The predicted molar refractivity (Wildman–Crippen MR) is 109 cm³/mol. The van der Waals surface area contributed by atoms with Crippen LogP contribution in [0.2, 0.25) is 0 Å². The maximum atomic E-state index is 13.0. The zero-order valence-electron chi connectivity index (χ0n) is 17.0. The second-order valence-electron chi connectivity index (χ2n) is 7.86. The molecule has 3 aromatic rings. The summed E-state index contributed by atoms with van der Waals surface area (Å²) in [4.78, 5) is 23.5. The number of pyridine rings is 2. The van der Waals surface area contributed by atoms with Crippen LogP contribution >= 0.6 is 0 Å². The Morgan fingerprint density at radius 3 is 2.57 bits per heavy atom. The topological polar surface area (TPSA) is 78.7 Å². The van der Waals surface area contributed by atoms with Gasteiger partial charge in [-0.2, -0.15) is 0 Å². The largest absolute Gasteiger partial charge is 0.484 e. The van der Waals surface area contributed by atoms with Crippen LogP contribution in [0.5, 0.6) is 5.75 Å². The van der Waals surface area contributed by atoms with Crippen molar-refractivity contribution in [2.24, 2.45) is 7.05 Å². The van der Waals surface area contributed by atoms with E-state index in [1.54, 1.807) is 17.2 Å². The minimum absolute atomic E-state index is 0.100. The predicted octanol–water partition coefficient (Wildman–Crippen LogP) is 1.96. The van der Waals surface area contributed by atoms with E-state index in [9.17, 15) is 4.79 Å². The summed E-state index contributed by atoms with van der Waals surface area (Å²) in [6.07, 6.45) is 3.10. The van der Waals surface area contributed by atoms with Gasteiger partial charge in [-0.25, -0.2) is 4.98 Å². The van der Waals surface area contributed by atoms with Crippen LogP contribution in [0.1, 0.15) is 16.2 Å². The molecule has 2 aliphatic heterocycles. The zero-order valence-corrected chi connectivity index (χ0v) is 17.0. The molecule has 0 spiro atoms. The van der Waals surface area contributed by atoms with E-state index >= 15 is 0 Å². The molecule has 2 fully saturated rings. The van der Waals surface area contributed by atoms with Crippen molar-refractivity contribution in [1.29, 1.82) is 0 Å². The normalized spacial score (nSPS) is 22.1. The zero-order chi connectivity index (χ0) is 20.7. The number of rotatable bonds is 3. The number of likely N-dealkylation sites (tertiary alicyclic amines) is 1. The molecule has 3 aromatic heterocycles. The summed E-state index contributed by atoms with van der Waals surface area (Å²) in [7, 11) is 1.92. The number of carbonyl (C=O) groups is 1. The maximum Gasteiger partial charge on any atom is 0.272 e. The SMILES string of the molecule is Cc1ccc(OC2CO[C@H]3CN(C(=O)c4ccc5ccn(C)c5n4)C[C@@H]3OC2)cn1. The third kappa shape index (κ3) is 3.64. The van der Waals surface area contributed by atoms with Crippen LogP contribution in [0.25, 0.3) is 11.0 Å². The fourth-order valence-corrected chi connectivity index (χ4v) is 3.94. The second-order valence-corrected chi connectivity index (χ2v) is 7.86. The number of ether oxygens (including phenoxy) is 3. The fraction of sp³-hybridized carbons (Fsp3) is 0.409. The summed E-state index contributed by atoms with van der Waals surface area (Å²) in [6, 6.07) is 9.49. The van der Waals surface area contributed by atoms with Gasteiger partial charge in [-0.1, -0.05) is 0 Å². The Hall–Kier alpha value is -2.97. The molecular weight excluding hydrogens is 384 g/mol. The van der Waals surface area contributed by atoms with Crippen LogP contribution in [0.4, 0.5) is 0 Å². The van der Waals surface area contributed by atoms with E-state index in [2.05, 4.69) is 9.97 Å². The highest BCUT2D eigenvalue weighted by molar-refractivity contribution is 5.94. The summed E-state index contributed by atoms with van der Waals surface area (Å²) in [5.41, 5.74) is 2.18. The number of aromatic nitrogens is 3. The molecule has 30 heavy (non-hydrogen) atoms. The molecule has 8 nitrogen and oxygen atoms in total. The summed E-state index contributed by atoms with van der Waals surface area (Å²) in [5, 5.41) is 1.02. The first-order valence-electron chi connectivity index (χ1n) is 10.1. The third-order valence-electron chi connectivity index (χ3n) is 5.62. The molecule has 5 heterocycles. The van der Waals surface area contributed by atoms with Gasteiger partial charge in [0.1, 0.15) is 35.4 Å². The summed E-state index contributed by atoms with van der Waals surface area (Å²) in [5.74, 6) is 0.598. The van der Waals surface area contributed by atoms with Crippen LogP contribution in [-0.4, -0.2) is 70.0 Å². The first kappa shape index (κ1) is 19.0. The molecule has 8 heteroatoms. The number of nitrogens with zero attached hydrogens (tertiary/aromatic N) is 4. The van der Waals surface area contributed by atoms with E-state index < -0.39 is 0 Å². The highest BCUT2D eigenvalue weighted by Crippen LogP contribution is 2.24. The van der Waals surface area contributed by atoms with E-state index in [1.165, 1.54) is 0 Å². The Balaban J connectivity index is 1.22. The molecule has 0 unspecified atom stereocenters. The standard InChI is InChI=1S/C22H24N4O4/c1-14-3-5-16(9-23-14)30-17-12-28-19-10-26(11-20(19)29-13-17)22(27)18-6-4-15-7-8-25(2)21(15)24-18/h3-9,17,19-20H,10-13H2,1-2H3/t19-,20-/m0/s1. The van der Waals surface area contributed by atoms with Crippen molar-refractivity contribution in [3.63, 3.8) is 0 Å². The number of carbonyl (C=O) groups excluding carboxylic acids is 1. The molecule has 0 saturated carbocycles. The molecule has 2 atom stereocenters. The monoisotopic (exact) mass is 408 g/mol. The van der Waals surface area contributed by atoms with Gasteiger partial charge in [-0.3, -0.25) is 9.78 Å². The first-order chi connectivity index (χ1) is 14.6. The molecule has 0 aliphatic carbocycles. The van der Waals surface area contributed by atoms with E-state index in [-0.39, 0.29) is 24.2 Å². The number of amides is 1. The van der Waals surface area contributed by atoms with Crippen LogP contribution in [0.3, 0.4) is 0 Å². The number of aryl methyl sites for hydroxylation is 2. The van der Waals surface area contributed by atoms with Gasteiger partial charge in [-0.05, 0) is 37.3 Å². The van der Waals surface area contributed by atoms with Crippen molar-refractivity contribution in [3.05, 3.63) is 54.1 Å². The Labute approximate surface area is 174 Å². The average Bonchev–Trinajstić information content (AvgIpc) is 3.29. The van der Waals surface area contributed by atoms with Gasteiger partial charge < -0.3 is 23.7 Å². The van der Waals surface area contributed by atoms with Gasteiger partial charge in [0, 0.05) is 37.4 Å². The first-order valence-corrected chi connectivity index (χ1v) is 10.1. The molecule has 0 aromatic carbocycles. The third-order valence-corrected chi connectivity index (χ3v) is 5.62. The van der Waals surface area contributed by atoms with Gasteiger partial charge in [0.05, 0.1) is 19.4 Å². The molecule has 1 amide bonds. The summed E-state index contributed by atoms with van der Waals surface area (Å²) < 4.78 is 19.9. The molecule has 5 rings (SSSR count). The number of hydrogen-bond donors (Lipinski definition) is 0. The van der Waals surface area contributed by atoms with Crippen molar-refractivity contribution in [2.45, 2.75) is 25.2 Å². The van der Waals surface area contributed by atoms with Gasteiger partial charge in [0.2, 0.25) is 0 Å². The molecular formula is C22H24N4O4. The summed E-state index contributed by atoms with van der Waals surface area (Å²) >= 11 is 0. The van der Waals surface area contributed by atoms with Gasteiger partial charge in [0.15, 0.2) is 0 Å². The lowest BCUT2D eigenvalue weighted by molar-refractivity contribution is -0.00461. The van der Waals surface area contributed by atoms with E-state index in [0.717, 1.165) is 16.7 Å². The van der Waals surface area contributed by atoms with E-state index in [4.69, 9.17) is 14.2 Å². The van der Waals surface area contributed by atoms with Crippen molar-refractivity contribution in [2.75, 3.05) is 26.3 Å². The Kier molecular flexibility index (Phi) is 4.88. The van der Waals surface area contributed by atoms with Crippen molar-refractivity contribution >= 4 is 16.9 Å².